The van der Waals surface area contributed by atoms with E-state index in [1.807, 2.05) is 36.4 Å². The van der Waals surface area contributed by atoms with Crippen molar-refractivity contribution < 1.29 is 9.47 Å². The maximum Gasteiger partial charge on any atom is 0.149 e. The summed E-state index contributed by atoms with van der Waals surface area (Å²) in [6, 6.07) is 13.9. The highest BCUT2D eigenvalue weighted by atomic mass is 16.5. The van der Waals surface area contributed by atoms with E-state index in [4.69, 9.17) is 9.47 Å². The second kappa shape index (κ2) is 7.65. The second-order valence-corrected chi connectivity index (χ2v) is 6.73. The molecule has 0 amide bonds. The van der Waals surface area contributed by atoms with Crippen molar-refractivity contribution in [2.75, 3.05) is 32.2 Å². The van der Waals surface area contributed by atoms with Crippen LogP contribution < -0.4 is 14.4 Å². The van der Waals surface area contributed by atoms with E-state index in [1.54, 1.807) is 20.3 Å². The Bertz CT molecular complexity index is 1040. The topological polar surface area (TPSA) is 74.2 Å². The number of nitriles is 1. The highest BCUT2D eigenvalue weighted by molar-refractivity contribution is 5.92. The van der Waals surface area contributed by atoms with Gasteiger partial charge in [0.2, 0.25) is 0 Å². The number of H-pyrrole nitrogens is 1. The van der Waals surface area contributed by atoms with Crippen LogP contribution in [-0.2, 0) is 0 Å². The molecule has 0 aliphatic carbocycles. The smallest absolute Gasteiger partial charge is 0.149 e. The summed E-state index contributed by atoms with van der Waals surface area (Å²) in [5.41, 5.74) is 3.96. The van der Waals surface area contributed by atoms with Gasteiger partial charge in [0.15, 0.2) is 0 Å². The summed E-state index contributed by atoms with van der Waals surface area (Å²) in [6.45, 7) is 2.02. The van der Waals surface area contributed by atoms with Gasteiger partial charge in [0.05, 0.1) is 36.5 Å². The molecule has 0 saturated carbocycles. The summed E-state index contributed by atoms with van der Waals surface area (Å²) in [5.74, 6) is 2.01. The van der Waals surface area contributed by atoms with Crippen molar-refractivity contribution in [3.8, 4) is 17.6 Å². The lowest BCUT2D eigenvalue weighted by Crippen LogP contribution is -2.18. The fraction of sp³-hybridized carbons (Fsp3) is 0.273. The fourth-order valence-corrected chi connectivity index (χ4v) is 3.61. The molecule has 1 saturated heterocycles. The number of allylic oxidation sites excluding steroid dienone is 1. The maximum absolute atomic E-state index is 9.72. The molecule has 4 rings (SSSR count). The van der Waals surface area contributed by atoms with Crippen molar-refractivity contribution in [3.63, 3.8) is 0 Å². The molecule has 3 aromatic rings. The summed E-state index contributed by atoms with van der Waals surface area (Å²) in [4.78, 5) is 10.0. The number of hydrogen-bond donors (Lipinski definition) is 1. The molecule has 1 aliphatic heterocycles. The monoisotopic (exact) mass is 374 g/mol. The van der Waals surface area contributed by atoms with E-state index in [2.05, 4.69) is 20.9 Å². The lowest BCUT2D eigenvalue weighted by Gasteiger charge is -2.22. The van der Waals surface area contributed by atoms with Crippen LogP contribution in [0.2, 0.25) is 0 Å². The first kappa shape index (κ1) is 17.9. The van der Waals surface area contributed by atoms with Gasteiger partial charge in [-0.05, 0) is 37.1 Å². The first-order chi connectivity index (χ1) is 13.7. The number of aromatic amines is 1. The Labute approximate surface area is 164 Å². The number of methoxy groups -OCH3 is 2. The number of rotatable bonds is 5. The van der Waals surface area contributed by atoms with Crippen LogP contribution in [0, 0.1) is 11.3 Å². The van der Waals surface area contributed by atoms with Crippen LogP contribution in [0.1, 0.15) is 24.2 Å². The van der Waals surface area contributed by atoms with Gasteiger partial charge in [-0.3, -0.25) is 0 Å². The number of hydrogen-bond acceptors (Lipinski definition) is 5. The number of fused-ring (bicyclic) bond motifs is 1. The Kier molecular flexibility index (Phi) is 4.90. The van der Waals surface area contributed by atoms with Crippen molar-refractivity contribution in [3.05, 3.63) is 47.8 Å². The van der Waals surface area contributed by atoms with Crippen LogP contribution in [-0.4, -0.2) is 37.3 Å². The van der Waals surface area contributed by atoms with Crippen LogP contribution in [0.15, 0.2) is 36.4 Å². The molecule has 1 aromatic heterocycles. The quantitative estimate of drug-likeness (QED) is 0.676. The Morgan fingerprint density at radius 2 is 1.89 bits per heavy atom. The molecule has 142 valence electrons. The lowest BCUT2D eigenvalue weighted by molar-refractivity contribution is 0.402. The minimum Gasteiger partial charge on any atom is -0.496 e. The molecule has 1 fully saturated rings. The zero-order valence-corrected chi connectivity index (χ0v) is 16.0. The summed E-state index contributed by atoms with van der Waals surface area (Å²) in [6.07, 6.45) is 4.14. The van der Waals surface area contributed by atoms with Gasteiger partial charge in [-0.2, -0.15) is 5.26 Å². The first-order valence-electron chi connectivity index (χ1n) is 9.31. The Hall–Kier alpha value is -3.46. The molecule has 0 spiro atoms. The van der Waals surface area contributed by atoms with Gasteiger partial charge >= 0.3 is 0 Å². The van der Waals surface area contributed by atoms with E-state index < -0.39 is 0 Å². The highest BCUT2D eigenvalue weighted by Crippen LogP contribution is 2.38. The van der Waals surface area contributed by atoms with E-state index in [1.165, 1.54) is 12.8 Å². The summed E-state index contributed by atoms with van der Waals surface area (Å²) in [5, 5.41) is 9.72. The van der Waals surface area contributed by atoms with Gasteiger partial charge in [0, 0.05) is 24.7 Å². The number of ether oxygens (including phenoxy) is 2. The van der Waals surface area contributed by atoms with Crippen molar-refractivity contribution >= 4 is 28.4 Å². The molecule has 1 N–H and O–H groups in total. The number of anilines is 1. The summed E-state index contributed by atoms with van der Waals surface area (Å²) >= 11 is 0. The summed E-state index contributed by atoms with van der Waals surface area (Å²) < 4.78 is 11.3. The number of para-hydroxylation sites is 2. The van der Waals surface area contributed by atoms with Gasteiger partial charge in [-0.25, -0.2) is 4.98 Å². The fourth-order valence-electron chi connectivity index (χ4n) is 3.61. The van der Waals surface area contributed by atoms with Gasteiger partial charge < -0.3 is 19.4 Å². The molecule has 6 heteroatoms. The number of benzene rings is 2. The molecule has 6 nitrogen and oxygen atoms in total. The molecule has 0 atom stereocenters. The zero-order chi connectivity index (χ0) is 19.5. The summed E-state index contributed by atoms with van der Waals surface area (Å²) in [7, 11) is 3.31. The normalized spacial score (nSPS) is 14.3. The Morgan fingerprint density at radius 3 is 2.57 bits per heavy atom. The Morgan fingerprint density at radius 1 is 1.14 bits per heavy atom. The van der Waals surface area contributed by atoms with Crippen molar-refractivity contribution in [1.29, 1.82) is 5.26 Å². The number of aromatic nitrogens is 2. The van der Waals surface area contributed by atoms with Crippen molar-refractivity contribution in [2.24, 2.45) is 0 Å². The Balaban J connectivity index is 1.78. The number of imidazole rings is 1. The van der Waals surface area contributed by atoms with E-state index in [-0.39, 0.29) is 0 Å². The van der Waals surface area contributed by atoms with E-state index in [0.717, 1.165) is 41.1 Å². The molecular weight excluding hydrogens is 352 g/mol. The zero-order valence-electron chi connectivity index (χ0n) is 16.0. The van der Waals surface area contributed by atoms with Gasteiger partial charge in [-0.15, -0.1) is 0 Å². The van der Waals surface area contributed by atoms with Gasteiger partial charge in [-0.1, -0.05) is 12.1 Å². The maximum atomic E-state index is 9.72. The third-order valence-electron chi connectivity index (χ3n) is 5.04. The molecule has 2 aromatic carbocycles. The van der Waals surface area contributed by atoms with Crippen LogP contribution in [0.5, 0.6) is 11.5 Å². The lowest BCUT2D eigenvalue weighted by atomic mass is 10.1. The van der Waals surface area contributed by atoms with Crippen molar-refractivity contribution in [2.45, 2.75) is 12.8 Å². The third kappa shape index (κ3) is 3.27. The van der Waals surface area contributed by atoms with Gasteiger partial charge in [0.25, 0.3) is 0 Å². The highest BCUT2D eigenvalue weighted by Gasteiger charge is 2.19. The SMILES string of the molecule is COc1cc(N2CCCC2)c(OC)cc1C=C(C#N)c1nc2ccccc2[nH]1. The number of nitrogens with one attached hydrogen (secondary N) is 1. The van der Waals surface area contributed by atoms with Crippen molar-refractivity contribution in [1.82, 2.24) is 9.97 Å². The van der Waals surface area contributed by atoms with Crippen LogP contribution in [0.4, 0.5) is 5.69 Å². The molecule has 0 radical (unpaired) electrons. The van der Waals surface area contributed by atoms with Crippen LogP contribution in [0.3, 0.4) is 0 Å². The molecule has 2 heterocycles. The molecule has 0 unspecified atom stereocenters. The molecule has 28 heavy (non-hydrogen) atoms. The average molecular weight is 374 g/mol. The average Bonchev–Trinajstić information content (AvgIpc) is 3.41. The minimum atomic E-state index is 0.436. The predicted molar refractivity (Wildman–Crippen MR) is 111 cm³/mol. The molecule has 0 bridgehead atoms. The molecular formula is C22H22N4O2. The predicted octanol–water partition coefficient (Wildman–Crippen LogP) is 4.24. The minimum absolute atomic E-state index is 0.436. The third-order valence-corrected chi connectivity index (χ3v) is 5.04. The van der Waals surface area contributed by atoms with Gasteiger partial charge in [0.1, 0.15) is 23.4 Å². The number of nitrogens with zero attached hydrogens (tertiary/aromatic N) is 3. The van der Waals surface area contributed by atoms with Crippen LogP contribution in [0.25, 0.3) is 22.7 Å². The van der Waals surface area contributed by atoms with Crippen LogP contribution >= 0.6 is 0 Å². The standard InChI is InChI=1S/C22H22N4O2/c1-27-20-13-19(26-9-5-6-10-26)21(28-2)12-15(20)11-16(14-23)22-24-17-7-3-4-8-18(17)25-22/h3-4,7-8,11-13H,5-6,9-10H2,1-2H3,(H,24,25). The van der Waals surface area contributed by atoms with E-state index in [9.17, 15) is 5.26 Å². The van der Waals surface area contributed by atoms with E-state index in [0.29, 0.717) is 17.1 Å². The first-order valence-corrected chi connectivity index (χ1v) is 9.31. The molecule has 1 aliphatic rings. The van der Waals surface area contributed by atoms with E-state index >= 15 is 0 Å². The second-order valence-electron chi connectivity index (χ2n) is 6.73. The largest absolute Gasteiger partial charge is 0.496 e.